The van der Waals surface area contributed by atoms with Crippen molar-refractivity contribution in [1.82, 2.24) is 4.98 Å². The average molecular weight is 265 g/mol. The summed E-state index contributed by atoms with van der Waals surface area (Å²) in [5.74, 6) is -1.23. The van der Waals surface area contributed by atoms with E-state index in [1.54, 1.807) is 23.6 Å². The van der Waals surface area contributed by atoms with Gasteiger partial charge >= 0.3 is 0 Å². The number of hydrogen-bond acceptors (Lipinski definition) is 4. The molecule has 0 aliphatic carbocycles. The number of nitrogens with two attached hydrogens (primary N) is 1. The second kappa shape index (κ2) is 7.48. The van der Waals surface area contributed by atoms with E-state index in [-0.39, 0.29) is 12.3 Å². The van der Waals surface area contributed by atoms with E-state index in [0.29, 0.717) is 18.2 Å². The Kier molecular flexibility index (Phi) is 5.95. The fraction of sp³-hybridized carbons (Fsp3) is 0.462. The highest BCUT2D eigenvalue weighted by Gasteiger charge is 2.18. The number of amides is 1. The van der Waals surface area contributed by atoms with Gasteiger partial charge in [-0.15, -0.1) is 0 Å². The van der Waals surface area contributed by atoms with E-state index in [1.165, 1.54) is 6.20 Å². The standard InChI is InChI=1S/C13H19N3O3/c1-9(2)7-15-11(13(18)19)6-12(17)16-10-4-3-5-14-8-10/h3-5,8-9,11,15H,6-7H2,1-2H3,(H,16,17)(H,18,19)/t11-/m0/s1. The predicted octanol–water partition coefficient (Wildman–Crippen LogP) is -1.25. The van der Waals surface area contributed by atoms with Crippen LogP contribution in [0.2, 0.25) is 0 Å². The minimum Gasteiger partial charge on any atom is -0.544 e. The van der Waals surface area contributed by atoms with Crippen LogP contribution in [0.1, 0.15) is 20.3 Å². The van der Waals surface area contributed by atoms with Crippen LogP contribution in [0.15, 0.2) is 24.5 Å². The number of rotatable bonds is 7. The number of carboxylic acids is 1. The van der Waals surface area contributed by atoms with Gasteiger partial charge in [-0.3, -0.25) is 9.78 Å². The molecule has 0 saturated carbocycles. The maximum atomic E-state index is 11.7. The first-order valence-corrected chi connectivity index (χ1v) is 6.23. The van der Waals surface area contributed by atoms with Crippen LogP contribution in [0.4, 0.5) is 5.69 Å². The van der Waals surface area contributed by atoms with Crippen LogP contribution in [-0.4, -0.2) is 29.4 Å². The summed E-state index contributed by atoms with van der Waals surface area (Å²) in [6.07, 6.45) is 2.98. The maximum absolute atomic E-state index is 11.7. The van der Waals surface area contributed by atoms with Crippen LogP contribution in [0.5, 0.6) is 0 Å². The lowest BCUT2D eigenvalue weighted by molar-refractivity contribution is -0.686. The van der Waals surface area contributed by atoms with Crippen molar-refractivity contribution in [2.75, 3.05) is 11.9 Å². The van der Waals surface area contributed by atoms with Crippen LogP contribution in [0, 0.1) is 5.92 Å². The van der Waals surface area contributed by atoms with Gasteiger partial charge in [0, 0.05) is 12.1 Å². The number of aromatic nitrogens is 1. The highest BCUT2D eigenvalue weighted by Crippen LogP contribution is 2.03. The number of carboxylic acid groups (broad SMARTS) is 1. The van der Waals surface area contributed by atoms with Crippen molar-refractivity contribution in [2.24, 2.45) is 5.92 Å². The van der Waals surface area contributed by atoms with Gasteiger partial charge in [-0.1, -0.05) is 13.8 Å². The Labute approximate surface area is 112 Å². The zero-order chi connectivity index (χ0) is 14.3. The zero-order valence-electron chi connectivity index (χ0n) is 11.1. The maximum Gasteiger partial charge on any atom is 0.230 e. The van der Waals surface area contributed by atoms with E-state index in [2.05, 4.69) is 10.3 Å². The van der Waals surface area contributed by atoms with Gasteiger partial charge in [0.05, 0.1) is 30.8 Å². The molecule has 0 spiro atoms. The summed E-state index contributed by atoms with van der Waals surface area (Å²) in [5.41, 5.74) is 0.549. The van der Waals surface area contributed by atoms with Crippen molar-refractivity contribution >= 4 is 17.6 Å². The Morgan fingerprint density at radius 1 is 1.47 bits per heavy atom. The summed E-state index contributed by atoms with van der Waals surface area (Å²) in [6.45, 7) is 4.61. The highest BCUT2D eigenvalue weighted by atomic mass is 16.4. The summed E-state index contributed by atoms with van der Waals surface area (Å²) in [7, 11) is 0. The number of carbonyl (C=O) groups is 2. The summed E-state index contributed by atoms with van der Waals surface area (Å²) < 4.78 is 0. The molecular weight excluding hydrogens is 246 g/mol. The molecule has 1 aromatic heterocycles. The number of anilines is 1. The van der Waals surface area contributed by atoms with Gasteiger partial charge in [-0.05, 0) is 12.1 Å². The minimum atomic E-state index is -1.22. The molecule has 0 radical (unpaired) electrons. The largest absolute Gasteiger partial charge is 0.544 e. The third-order valence-electron chi connectivity index (χ3n) is 2.55. The molecule has 1 amide bonds. The molecule has 0 aliphatic heterocycles. The molecule has 19 heavy (non-hydrogen) atoms. The molecular formula is C13H19N3O3. The van der Waals surface area contributed by atoms with Crippen molar-refractivity contribution in [2.45, 2.75) is 26.3 Å². The van der Waals surface area contributed by atoms with E-state index in [4.69, 9.17) is 0 Å². The molecule has 1 heterocycles. The average Bonchev–Trinajstić information content (AvgIpc) is 2.35. The molecule has 0 saturated heterocycles. The molecule has 6 nitrogen and oxygen atoms in total. The predicted molar refractivity (Wildman–Crippen MR) is 67.9 cm³/mol. The van der Waals surface area contributed by atoms with Crippen molar-refractivity contribution in [3.63, 3.8) is 0 Å². The fourth-order valence-corrected chi connectivity index (χ4v) is 1.55. The lowest BCUT2D eigenvalue weighted by Gasteiger charge is -2.17. The van der Waals surface area contributed by atoms with Crippen LogP contribution in [0.25, 0.3) is 0 Å². The Balaban J connectivity index is 2.49. The van der Waals surface area contributed by atoms with Crippen molar-refractivity contribution in [1.29, 1.82) is 0 Å². The molecule has 0 unspecified atom stereocenters. The van der Waals surface area contributed by atoms with Crippen LogP contribution < -0.4 is 15.7 Å². The minimum absolute atomic E-state index is 0.121. The third-order valence-corrected chi connectivity index (χ3v) is 2.55. The normalized spacial score (nSPS) is 12.2. The number of nitrogens with zero attached hydrogens (tertiary/aromatic N) is 1. The van der Waals surface area contributed by atoms with Gasteiger partial charge in [0.25, 0.3) is 0 Å². The summed E-state index contributed by atoms with van der Waals surface area (Å²) >= 11 is 0. The second-order valence-corrected chi connectivity index (χ2v) is 4.78. The second-order valence-electron chi connectivity index (χ2n) is 4.78. The summed E-state index contributed by atoms with van der Waals surface area (Å²) in [5, 5.41) is 15.2. The highest BCUT2D eigenvalue weighted by molar-refractivity contribution is 5.93. The number of carbonyl (C=O) groups excluding carboxylic acids is 2. The third kappa shape index (κ3) is 5.96. The Morgan fingerprint density at radius 3 is 2.74 bits per heavy atom. The Bertz CT molecular complexity index is 420. The molecule has 6 heteroatoms. The van der Waals surface area contributed by atoms with E-state index in [0.717, 1.165) is 0 Å². The number of aliphatic carboxylic acids is 1. The molecule has 0 bridgehead atoms. The van der Waals surface area contributed by atoms with Gasteiger partial charge in [0.2, 0.25) is 5.91 Å². The van der Waals surface area contributed by atoms with E-state index in [9.17, 15) is 14.7 Å². The smallest absolute Gasteiger partial charge is 0.230 e. The quantitative estimate of drug-likeness (QED) is 0.643. The molecule has 0 aromatic carbocycles. The molecule has 3 N–H and O–H groups in total. The van der Waals surface area contributed by atoms with Crippen LogP contribution in [0.3, 0.4) is 0 Å². The topological polar surface area (TPSA) is 98.7 Å². The molecule has 1 aromatic rings. The molecule has 1 rings (SSSR count). The van der Waals surface area contributed by atoms with Gasteiger partial charge in [0.15, 0.2) is 0 Å². The first-order chi connectivity index (χ1) is 8.99. The van der Waals surface area contributed by atoms with Gasteiger partial charge in [0.1, 0.15) is 6.04 Å². The molecule has 0 aliphatic rings. The molecule has 0 fully saturated rings. The van der Waals surface area contributed by atoms with Crippen LogP contribution >= 0.6 is 0 Å². The van der Waals surface area contributed by atoms with Crippen molar-refractivity contribution in [3.05, 3.63) is 24.5 Å². The summed E-state index contributed by atoms with van der Waals surface area (Å²) in [6, 6.07) is 2.52. The lowest BCUT2D eigenvalue weighted by atomic mass is 10.1. The number of nitrogens with one attached hydrogen (secondary N) is 1. The van der Waals surface area contributed by atoms with E-state index in [1.807, 2.05) is 13.8 Å². The van der Waals surface area contributed by atoms with E-state index >= 15 is 0 Å². The van der Waals surface area contributed by atoms with Gasteiger partial charge < -0.3 is 20.5 Å². The molecule has 1 atom stereocenters. The zero-order valence-corrected chi connectivity index (χ0v) is 11.1. The number of hydrogen-bond donors (Lipinski definition) is 2. The Morgan fingerprint density at radius 2 is 2.21 bits per heavy atom. The number of pyridine rings is 1. The first-order valence-electron chi connectivity index (χ1n) is 6.23. The van der Waals surface area contributed by atoms with Crippen molar-refractivity contribution in [3.8, 4) is 0 Å². The van der Waals surface area contributed by atoms with Crippen molar-refractivity contribution < 1.29 is 20.0 Å². The SMILES string of the molecule is CC(C)C[NH2+][C@@H](CC(=O)Nc1cccnc1)C(=O)[O-]. The van der Waals surface area contributed by atoms with E-state index < -0.39 is 12.0 Å². The van der Waals surface area contributed by atoms with Gasteiger partial charge in [-0.2, -0.15) is 0 Å². The monoisotopic (exact) mass is 265 g/mol. The molecule has 104 valence electrons. The van der Waals surface area contributed by atoms with Gasteiger partial charge in [-0.25, -0.2) is 0 Å². The first kappa shape index (κ1) is 15.1. The fourth-order valence-electron chi connectivity index (χ4n) is 1.55. The van der Waals surface area contributed by atoms with Crippen LogP contribution in [-0.2, 0) is 9.59 Å². The number of quaternary nitrogens is 1. The Hall–Kier alpha value is -1.95. The summed E-state index contributed by atoms with van der Waals surface area (Å²) in [4.78, 5) is 26.5. The lowest BCUT2D eigenvalue weighted by Crippen LogP contribution is -2.94.